The van der Waals surface area contributed by atoms with E-state index in [1.807, 2.05) is 72.9 Å². The van der Waals surface area contributed by atoms with Gasteiger partial charge in [0.05, 0.1) is 17.4 Å². The summed E-state index contributed by atoms with van der Waals surface area (Å²) >= 11 is 0. The Morgan fingerprint density at radius 1 is 0.767 bits per heavy atom. The molecule has 0 spiro atoms. The van der Waals surface area contributed by atoms with Crippen molar-refractivity contribution in [2.24, 2.45) is 4.99 Å². The average molecular weight is 563 g/mol. The lowest BCUT2D eigenvalue weighted by Crippen LogP contribution is -2.33. The molecule has 7 rings (SSSR count). The predicted octanol–water partition coefficient (Wildman–Crippen LogP) is 8.30. The van der Waals surface area contributed by atoms with Crippen LogP contribution in [0.1, 0.15) is 34.7 Å². The molecule has 1 aliphatic rings. The highest BCUT2D eigenvalue weighted by molar-refractivity contribution is 6.08. The summed E-state index contributed by atoms with van der Waals surface area (Å²) in [5.74, 6) is 0.656. The van der Waals surface area contributed by atoms with Gasteiger partial charge in [0.25, 0.3) is 0 Å². The Morgan fingerprint density at radius 3 is 2.35 bits per heavy atom. The minimum atomic E-state index is -0.320. The molecule has 6 aromatic rings. The molecule has 43 heavy (non-hydrogen) atoms. The molecule has 0 radical (unpaired) electrons. The minimum absolute atomic E-state index is 0.108. The summed E-state index contributed by atoms with van der Waals surface area (Å²) in [6, 6.07) is 34.2. The number of urea groups is 1. The molecular formula is C36H30N6O. The molecule has 0 aliphatic carbocycles. The Kier molecular flexibility index (Phi) is 6.75. The van der Waals surface area contributed by atoms with Crippen LogP contribution in [0.4, 0.5) is 16.3 Å². The van der Waals surface area contributed by atoms with Crippen molar-refractivity contribution in [1.29, 1.82) is 0 Å². The second-order valence-electron chi connectivity index (χ2n) is 10.9. The van der Waals surface area contributed by atoms with Gasteiger partial charge in [-0.05, 0) is 66.4 Å². The first-order valence-electron chi connectivity index (χ1n) is 14.3. The number of fused-ring (bicyclic) bond motifs is 1. The van der Waals surface area contributed by atoms with Crippen LogP contribution in [-0.4, -0.2) is 26.9 Å². The number of rotatable bonds is 6. The fourth-order valence-corrected chi connectivity index (χ4v) is 5.57. The highest BCUT2D eigenvalue weighted by Crippen LogP contribution is 2.36. The van der Waals surface area contributed by atoms with E-state index in [0.29, 0.717) is 12.2 Å². The maximum atomic E-state index is 12.4. The zero-order chi connectivity index (χ0) is 29.3. The number of aliphatic imine (C=N–C) groups is 1. The Hall–Kier alpha value is -5.56. The molecule has 0 saturated heterocycles. The molecule has 0 saturated carbocycles. The van der Waals surface area contributed by atoms with E-state index in [1.54, 1.807) is 0 Å². The lowest BCUT2D eigenvalue weighted by Gasteiger charge is -2.23. The molecule has 0 fully saturated rings. The summed E-state index contributed by atoms with van der Waals surface area (Å²) < 4.78 is 0. The maximum Gasteiger partial charge on any atom is 0.341 e. The molecule has 1 aliphatic heterocycles. The van der Waals surface area contributed by atoms with E-state index in [4.69, 9.17) is 0 Å². The molecule has 3 N–H and O–H groups in total. The first kappa shape index (κ1) is 26.3. The van der Waals surface area contributed by atoms with Crippen LogP contribution in [0, 0.1) is 13.8 Å². The molecule has 3 heterocycles. The van der Waals surface area contributed by atoms with Crippen LogP contribution >= 0.6 is 0 Å². The van der Waals surface area contributed by atoms with E-state index in [9.17, 15) is 4.79 Å². The van der Waals surface area contributed by atoms with Gasteiger partial charge < -0.3 is 15.6 Å². The topological polar surface area (TPSA) is 95.1 Å². The standard InChI is InChI=1S/C36H30N6O/c1-22-12-13-26(18-23(22)2)34-19-29(30-21-37-31-11-7-6-10-28(30)31)35(42-41-34)38-27-16-14-25(15-17-27)33-20-32(39-36(43)40-33)24-8-4-3-5-9-24/h3-19,21,32,37H,20H2,1-2H3,(H,38,42)(H,39,43). The fourth-order valence-electron chi connectivity index (χ4n) is 5.57. The number of aromatic amines is 1. The van der Waals surface area contributed by atoms with Crippen molar-refractivity contribution < 1.29 is 4.79 Å². The quantitative estimate of drug-likeness (QED) is 0.190. The molecule has 0 bridgehead atoms. The molecule has 4 aromatic carbocycles. The third kappa shape index (κ3) is 5.28. The van der Waals surface area contributed by atoms with Crippen molar-refractivity contribution in [2.45, 2.75) is 26.3 Å². The SMILES string of the molecule is Cc1ccc(-c2cc(-c3c[nH]c4ccccc34)c(Nc3ccc(C4=NC(=O)NC(c5ccccc5)C4)cc3)nn2)cc1C. The number of nitrogens with one attached hydrogen (secondary N) is 3. The van der Waals surface area contributed by atoms with E-state index in [0.717, 1.165) is 55.8 Å². The number of aryl methyl sites for hydroxylation is 2. The van der Waals surface area contributed by atoms with E-state index in [2.05, 4.69) is 81.1 Å². The first-order valence-corrected chi connectivity index (χ1v) is 14.3. The van der Waals surface area contributed by atoms with Crippen molar-refractivity contribution in [1.82, 2.24) is 20.5 Å². The van der Waals surface area contributed by atoms with E-state index < -0.39 is 0 Å². The summed E-state index contributed by atoms with van der Waals surface area (Å²) in [5.41, 5.74) is 10.9. The van der Waals surface area contributed by atoms with Gasteiger partial charge in [0.2, 0.25) is 0 Å². The predicted molar refractivity (Wildman–Crippen MR) is 173 cm³/mol. The van der Waals surface area contributed by atoms with E-state index in [-0.39, 0.29) is 12.1 Å². The monoisotopic (exact) mass is 562 g/mol. The largest absolute Gasteiger partial charge is 0.361 e. The van der Waals surface area contributed by atoms with Crippen LogP contribution in [0.15, 0.2) is 114 Å². The number of amides is 2. The van der Waals surface area contributed by atoms with Gasteiger partial charge in [-0.1, -0.05) is 72.8 Å². The molecular weight excluding hydrogens is 532 g/mol. The Labute approximate surface area is 249 Å². The first-order chi connectivity index (χ1) is 21.0. The fraction of sp³-hybridized carbons (Fsp3) is 0.111. The highest BCUT2D eigenvalue weighted by atomic mass is 16.2. The van der Waals surface area contributed by atoms with Crippen molar-refractivity contribution in [3.8, 4) is 22.4 Å². The minimum Gasteiger partial charge on any atom is -0.361 e. The summed E-state index contributed by atoms with van der Waals surface area (Å²) in [6.07, 6.45) is 2.65. The molecule has 2 amide bonds. The summed E-state index contributed by atoms with van der Waals surface area (Å²) in [7, 11) is 0. The van der Waals surface area contributed by atoms with Crippen LogP contribution < -0.4 is 10.6 Å². The molecule has 1 unspecified atom stereocenters. The second-order valence-corrected chi connectivity index (χ2v) is 10.9. The molecule has 7 heteroatoms. The number of hydrogen-bond donors (Lipinski definition) is 3. The van der Waals surface area contributed by atoms with Crippen LogP contribution in [-0.2, 0) is 0 Å². The lowest BCUT2D eigenvalue weighted by atomic mass is 9.96. The number of carbonyl (C=O) groups excluding carboxylic acids is 1. The van der Waals surface area contributed by atoms with Crippen molar-refractivity contribution in [3.05, 3.63) is 132 Å². The third-order valence-electron chi connectivity index (χ3n) is 8.09. The number of H-pyrrole nitrogens is 1. The van der Waals surface area contributed by atoms with Crippen LogP contribution in [0.3, 0.4) is 0 Å². The Morgan fingerprint density at radius 2 is 1.53 bits per heavy atom. The molecule has 1 atom stereocenters. The van der Waals surface area contributed by atoms with Crippen LogP contribution in [0.5, 0.6) is 0 Å². The van der Waals surface area contributed by atoms with Gasteiger partial charge in [-0.3, -0.25) is 0 Å². The highest BCUT2D eigenvalue weighted by Gasteiger charge is 2.23. The smallest absolute Gasteiger partial charge is 0.341 e. The second kappa shape index (κ2) is 11.0. The van der Waals surface area contributed by atoms with Gasteiger partial charge >= 0.3 is 6.03 Å². The molecule has 210 valence electrons. The Balaban J connectivity index is 1.21. The number of hydrogen-bond acceptors (Lipinski definition) is 4. The summed E-state index contributed by atoms with van der Waals surface area (Å²) in [4.78, 5) is 20.1. The zero-order valence-electron chi connectivity index (χ0n) is 23.9. The summed E-state index contributed by atoms with van der Waals surface area (Å²) in [6.45, 7) is 4.22. The molecule has 7 nitrogen and oxygen atoms in total. The number of para-hydroxylation sites is 1. The van der Waals surface area contributed by atoms with Gasteiger partial charge in [0.15, 0.2) is 5.82 Å². The van der Waals surface area contributed by atoms with Gasteiger partial charge in [-0.25, -0.2) is 4.79 Å². The van der Waals surface area contributed by atoms with Crippen LogP contribution in [0.2, 0.25) is 0 Å². The van der Waals surface area contributed by atoms with E-state index >= 15 is 0 Å². The number of aromatic nitrogens is 3. The maximum absolute atomic E-state index is 12.4. The van der Waals surface area contributed by atoms with Crippen molar-refractivity contribution >= 4 is 34.2 Å². The van der Waals surface area contributed by atoms with Gasteiger partial charge in [0.1, 0.15) is 0 Å². The van der Waals surface area contributed by atoms with Crippen molar-refractivity contribution in [3.63, 3.8) is 0 Å². The molecule has 2 aromatic heterocycles. The number of nitrogens with zero attached hydrogens (tertiary/aromatic N) is 3. The van der Waals surface area contributed by atoms with E-state index in [1.165, 1.54) is 11.1 Å². The number of anilines is 2. The number of carbonyl (C=O) groups is 1. The van der Waals surface area contributed by atoms with Crippen molar-refractivity contribution in [2.75, 3.05) is 5.32 Å². The van der Waals surface area contributed by atoms with Gasteiger partial charge in [-0.15, -0.1) is 10.2 Å². The lowest BCUT2D eigenvalue weighted by molar-refractivity contribution is 0.244. The number of benzene rings is 4. The van der Waals surface area contributed by atoms with Crippen LogP contribution in [0.25, 0.3) is 33.3 Å². The van der Waals surface area contributed by atoms with Gasteiger partial charge in [-0.2, -0.15) is 4.99 Å². The Bertz CT molecular complexity index is 1990. The van der Waals surface area contributed by atoms with Gasteiger partial charge in [0, 0.05) is 45.9 Å². The normalized spacial score (nSPS) is 14.8. The summed E-state index contributed by atoms with van der Waals surface area (Å²) in [5, 5.41) is 16.9. The average Bonchev–Trinajstić information content (AvgIpc) is 3.47. The third-order valence-corrected chi connectivity index (χ3v) is 8.09. The zero-order valence-corrected chi connectivity index (χ0v) is 23.9.